The zero-order chi connectivity index (χ0) is 15.4. The monoisotopic (exact) mass is 308 g/mol. The molecule has 1 N–H and O–H groups in total. The third kappa shape index (κ3) is 3.32. The molecule has 1 aromatic heterocycles. The topological polar surface area (TPSA) is 42.0 Å². The molecule has 0 bridgehead atoms. The van der Waals surface area contributed by atoms with Crippen LogP contribution < -0.4 is 5.32 Å². The van der Waals surface area contributed by atoms with Gasteiger partial charge in [0.05, 0.1) is 11.9 Å². The average molecular weight is 309 g/mol. The highest BCUT2D eigenvalue weighted by atomic mass is 35.5. The van der Waals surface area contributed by atoms with Gasteiger partial charge >= 0.3 is 0 Å². The van der Waals surface area contributed by atoms with Gasteiger partial charge in [0.2, 0.25) is 0 Å². The van der Waals surface area contributed by atoms with Crippen molar-refractivity contribution in [3.05, 3.63) is 83.6 Å². The smallest absolute Gasteiger partial charge is 0.255 e. The number of hydrogen-bond donors (Lipinski definition) is 1. The van der Waals surface area contributed by atoms with Gasteiger partial charge in [0.25, 0.3) is 5.91 Å². The molecule has 0 saturated carbocycles. The van der Waals surface area contributed by atoms with E-state index in [0.29, 0.717) is 16.4 Å². The Kier molecular flexibility index (Phi) is 4.17. The van der Waals surface area contributed by atoms with Crippen molar-refractivity contribution in [3.63, 3.8) is 0 Å². The molecule has 1 amide bonds. The fraction of sp³-hybridized carbons (Fsp3) is 0. The van der Waals surface area contributed by atoms with Crippen LogP contribution in [-0.2, 0) is 0 Å². The number of aromatic nitrogens is 1. The maximum absolute atomic E-state index is 12.2. The Balaban J connectivity index is 1.75. The number of nitrogens with one attached hydrogen (secondary N) is 1. The first-order valence-corrected chi connectivity index (χ1v) is 7.18. The van der Waals surface area contributed by atoms with E-state index in [1.54, 1.807) is 24.3 Å². The van der Waals surface area contributed by atoms with E-state index in [1.807, 2.05) is 42.5 Å². The number of nitrogens with zero attached hydrogens (tertiary/aromatic N) is 1. The molecule has 0 aliphatic heterocycles. The third-order valence-corrected chi connectivity index (χ3v) is 3.46. The van der Waals surface area contributed by atoms with E-state index < -0.39 is 0 Å². The second-order valence-corrected chi connectivity index (χ2v) is 5.15. The van der Waals surface area contributed by atoms with Crippen LogP contribution in [0.2, 0.25) is 5.15 Å². The molecule has 3 rings (SSSR count). The summed E-state index contributed by atoms with van der Waals surface area (Å²) in [5, 5.41) is 3.18. The molecule has 0 spiro atoms. The molecular formula is C18H13ClN2O. The van der Waals surface area contributed by atoms with Crippen molar-refractivity contribution in [3.8, 4) is 11.1 Å². The van der Waals surface area contributed by atoms with E-state index in [0.717, 1.165) is 11.1 Å². The quantitative estimate of drug-likeness (QED) is 0.715. The SMILES string of the molecule is O=C(Nc1ccc(Cl)nc1)c1ccc(-c2ccccc2)cc1. The Morgan fingerprint density at radius 2 is 1.55 bits per heavy atom. The normalized spacial score (nSPS) is 10.2. The van der Waals surface area contributed by atoms with Crippen LogP contribution in [0.3, 0.4) is 0 Å². The lowest BCUT2D eigenvalue weighted by Gasteiger charge is -2.06. The van der Waals surface area contributed by atoms with E-state index >= 15 is 0 Å². The summed E-state index contributed by atoms with van der Waals surface area (Å²) in [5.41, 5.74) is 3.40. The molecule has 0 fully saturated rings. The van der Waals surface area contributed by atoms with E-state index in [-0.39, 0.29) is 5.91 Å². The molecule has 4 heteroatoms. The van der Waals surface area contributed by atoms with E-state index in [2.05, 4.69) is 10.3 Å². The number of carbonyl (C=O) groups excluding carboxylic acids is 1. The summed E-state index contributed by atoms with van der Waals surface area (Å²) in [7, 11) is 0. The number of amides is 1. The number of pyridine rings is 1. The highest BCUT2D eigenvalue weighted by Crippen LogP contribution is 2.19. The molecular weight excluding hydrogens is 296 g/mol. The van der Waals surface area contributed by atoms with Crippen LogP contribution in [0.4, 0.5) is 5.69 Å². The molecule has 22 heavy (non-hydrogen) atoms. The fourth-order valence-corrected chi connectivity index (χ4v) is 2.21. The Labute approximate surface area is 133 Å². The zero-order valence-corrected chi connectivity index (χ0v) is 12.4. The van der Waals surface area contributed by atoms with Gasteiger partial charge in [0.15, 0.2) is 0 Å². The first kappa shape index (κ1) is 14.3. The first-order chi connectivity index (χ1) is 10.7. The second-order valence-electron chi connectivity index (χ2n) is 4.77. The first-order valence-electron chi connectivity index (χ1n) is 6.81. The molecule has 0 saturated heterocycles. The lowest BCUT2D eigenvalue weighted by atomic mass is 10.0. The molecule has 108 valence electrons. The van der Waals surface area contributed by atoms with Gasteiger partial charge in [-0.1, -0.05) is 54.1 Å². The summed E-state index contributed by atoms with van der Waals surface area (Å²) >= 11 is 5.72. The predicted molar refractivity (Wildman–Crippen MR) is 89.1 cm³/mol. The Hall–Kier alpha value is -2.65. The molecule has 1 heterocycles. The molecule has 3 aromatic rings. The largest absolute Gasteiger partial charge is 0.321 e. The molecule has 0 atom stereocenters. The van der Waals surface area contributed by atoms with Crippen molar-refractivity contribution in [2.75, 3.05) is 5.32 Å². The summed E-state index contributed by atoms with van der Waals surface area (Å²) in [4.78, 5) is 16.1. The molecule has 2 aromatic carbocycles. The highest BCUT2D eigenvalue weighted by Gasteiger charge is 2.06. The van der Waals surface area contributed by atoms with Gasteiger partial charge in [-0.3, -0.25) is 4.79 Å². The standard InChI is InChI=1S/C18H13ClN2O/c19-17-11-10-16(12-20-17)21-18(22)15-8-6-14(7-9-15)13-4-2-1-3-5-13/h1-12H,(H,21,22). The van der Waals surface area contributed by atoms with E-state index in [4.69, 9.17) is 11.6 Å². The maximum Gasteiger partial charge on any atom is 0.255 e. The number of carbonyl (C=O) groups is 1. The maximum atomic E-state index is 12.2. The van der Waals surface area contributed by atoms with Crippen LogP contribution in [0.5, 0.6) is 0 Å². The van der Waals surface area contributed by atoms with Crippen LogP contribution in [0.15, 0.2) is 72.9 Å². The number of hydrogen-bond acceptors (Lipinski definition) is 2. The fourth-order valence-electron chi connectivity index (χ4n) is 2.10. The average Bonchev–Trinajstić information content (AvgIpc) is 2.58. The number of rotatable bonds is 3. The van der Waals surface area contributed by atoms with Gasteiger partial charge in [-0.15, -0.1) is 0 Å². The van der Waals surface area contributed by atoms with Crippen molar-refractivity contribution in [2.24, 2.45) is 0 Å². The minimum absolute atomic E-state index is 0.177. The van der Waals surface area contributed by atoms with Gasteiger partial charge in [0.1, 0.15) is 5.15 Å². The predicted octanol–water partition coefficient (Wildman–Crippen LogP) is 4.65. The van der Waals surface area contributed by atoms with E-state index in [1.165, 1.54) is 6.20 Å². The third-order valence-electron chi connectivity index (χ3n) is 3.24. The van der Waals surface area contributed by atoms with Gasteiger partial charge in [-0.2, -0.15) is 0 Å². The Bertz CT molecular complexity index is 768. The summed E-state index contributed by atoms with van der Waals surface area (Å²) in [5.74, 6) is -0.177. The summed E-state index contributed by atoms with van der Waals surface area (Å²) in [6.45, 7) is 0. The second kappa shape index (κ2) is 6.41. The van der Waals surface area contributed by atoms with Crippen LogP contribution in [0, 0.1) is 0 Å². The number of benzene rings is 2. The van der Waals surface area contributed by atoms with Crippen molar-refractivity contribution in [2.45, 2.75) is 0 Å². The van der Waals surface area contributed by atoms with Crippen LogP contribution in [0.1, 0.15) is 10.4 Å². The van der Waals surface area contributed by atoms with Gasteiger partial charge in [-0.05, 0) is 35.4 Å². The summed E-state index contributed by atoms with van der Waals surface area (Å²) < 4.78 is 0. The summed E-state index contributed by atoms with van der Waals surface area (Å²) in [6.07, 6.45) is 1.53. The Morgan fingerprint density at radius 3 is 2.18 bits per heavy atom. The summed E-state index contributed by atoms with van der Waals surface area (Å²) in [6, 6.07) is 20.9. The molecule has 3 nitrogen and oxygen atoms in total. The van der Waals surface area contributed by atoms with E-state index in [9.17, 15) is 4.79 Å². The van der Waals surface area contributed by atoms with Gasteiger partial charge in [-0.25, -0.2) is 4.98 Å². The molecule has 0 aliphatic rings. The number of halogens is 1. The zero-order valence-electron chi connectivity index (χ0n) is 11.7. The van der Waals surface area contributed by atoms with Crippen LogP contribution in [0.25, 0.3) is 11.1 Å². The molecule has 0 unspecified atom stereocenters. The Morgan fingerprint density at radius 1 is 0.864 bits per heavy atom. The number of anilines is 1. The van der Waals surface area contributed by atoms with Crippen LogP contribution in [-0.4, -0.2) is 10.9 Å². The van der Waals surface area contributed by atoms with Crippen molar-refractivity contribution >= 4 is 23.2 Å². The van der Waals surface area contributed by atoms with Crippen molar-refractivity contribution < 1.29 is 4.79 Å². The van der Waals surface area contributed by atoms with Crippen LogP contribution >= 0.6 is 11.6 Å². The minimum atomic E-state index is -0.177. The molecule has 0 aliphatic carbocycles. The minimum Gasteiger partial charge on any atom is -0.321 e. The van der Waals surface area contributed by atoms with Gasteiger partial charge in [0, 0.05) is 5.56 Å². The van der Waals surface area contributed by atoms with Gasteiger partial charge < -0.3 is 5.32 Å². The highest BCUT2D eigenvalue weighted by molar-refractivity contribution is 6.29. The lowest BCUT2D eigenvalue weighted by molar-refractivity contribution is 0.102. The molecule has 0 radical (unpaired) electrons. The lowest BCUT2D eigenvalue weighted by Crippen LogP contribution is -2.11. The van der Waals surface area contributed by atoms with Crippen molar-refractivity contribution in [1.82, 2.24) is 4.98 Å². The van der Waals surface area contributed by atoms with Crippen molar-refractivity contribution in [1.29, 1.82) is 0 Å².